The molecule has 1 aliphatic heterocycles. The Morgan fingerprint density at radius 2 is 1.93 bits per heavy atom. The zero-order chi connectivity index (χ0) is 19.2. The van der Waals surface area contributed by atoms with E-state index in [1.165, 1.54) is 12.1 Å². The summed E-state index contributed by atoms with van der Waals surface area (Å²) in [5, 5.41) is 0. The molecule has 27 heavy (non-hydrogen) atoms. The molecule has 0 saturated carbocycles. The van der Waals surface area contributed by atoms with E-state index in [2.05, 4.69) is 20.8 Å². The van der Waals surface area contributed by atoms with Gasteiger partial charge < -0.3 is 9.64 Å². The van der Waals surface area contributed by atoms with Gasteiger partial charge >= 0.3 is 0 Å². The number of morpholine rings is 1. The highest BCUT2D eigenvalue weighted by atomic mass is 79.9. The molecule has 1 fully saturated rings. The van der Waals surface area contributed by atoms with E-state index in [0.717, 1.165) is 38.4 Å². The predicted molar refractivity (Wildman–Crippen MR) is 107 cm³/mol. The fourth-order valence-corrected chi connectivity index (χ4v) is 3.77. The van der Waals surface area contributed by atoms with Crippen LogP contribution in [0.3, 0.4) is 0 Å². The van der Waals surface area contributed by atoms with Crippen LogP contribution in [-0.4, -0.2) is 54.6 Å². The molecule has 1 amide bonds. The van der Waals surface area contributed by atoms with Gasteiger partial charge in [0.15, 0.2) is 0 Å². The highest BCUT2D eigenvalue weighted by Gasteiger charge is 2.25. The van der Waals surface area contributed by atoms with Crippen LogP contribution in [0.2, 0.25) is 0 Å². The van der Waals surface area contributed by atoms with E-state index in [-0.39, 0.29) is 11.9 Å². The summed E-state index contributed by atoms with van der Waals surface area (Å²) in [7, 11) is 0. The molecule has 4 nitrogen and oxygen atoms in total. The van der Waals surface area contributed by atoms with Crippen molar-refractivity contribution >= 4 is 21.8 Å². The number of halogens is 2. The van der Waals surface area contributed by atoms with Crippen molar-refractivity contribution in [2.75, 3.05) is 32.8 Å². The molecule has 0 bridgehead atoms. The summed E-state index contributed by atoms with van der Waals surface area (Å²) in [6.45, 7) is 6.46. The summed E-state index contributed by atoms with van der Waals surface area (Å²) < 4.78 is 19.8. The van der Waals surface area contributed by atoms with E-state index in [9.17, 15) is 9.18 Å². The van der Waals surface area contributed by atoms with Crippen molar-refractivity contribution in [1.82, 2.24) is 9.80 Å². The summed E-state index contributed by atoms with van der Waals surface area (Å²) in [4.78, 5) is 17.4. The van der Waals surface area contributed by atoms with Gasteiger partial charge in [-0.15, -0.1) is 0 Å². The molecule has 0 N–H and O–H groups in total. The predicted octanol–water partition coefficient (Wildman–Crippen LogP) is 3.95. The molecule has 144 valence electrons. The molecule has 3 rings (SSSR count). The molecule has 0 aliphatic carbocycles. The van der Waals surface area contributed by atoms with Gasteiger partial charge in [-0.2, -0.15) is 0 Å². The van der Waals surface area contributed by atoms with Crippen LogP contribution in [0.25, 0.3) is 0 Å². The van der Waals surface area contributed by atoms with Gasteiger partial charge in [-0.25, -0.2) is 4.39 Å². The summed E-state index contributed by atoms with van der Waals surface area (Å²) in [6, 6.07) is 14.2. The minimum absolute atomic E-state index is 0.0159. The number of nitrogens with zero attached hydrogens (tertiary/aromatic N) is 2. The van der Waals surface area contributed by atoms with Crippen molar-refractivity contribution in [1.29, 1.82) is 0 Å². The smallest absolute Gasteiger partial charge is 0.254 e. The Bertz CT molecular complexity index is 746. The van der Waals surface area contributed by atoms with Crippen LogP contribution in [0.4, 0.5) is 4.39 Å². The average molecular weight is 435 g/mol. The van der Waals surface area contributed by atoms with Crippen molar-refractivity contribution in [2.45, 2.75) is 19.5 Å². The summed E-state index contributed by atoms with van der Waals surface area (Å²) in [5.41, 5.74) is 1.40. The normalized spacial score (nSPS) is 16.1. The van der Waals surface area contributed by atoms with Crippen molar-refractivity contribution < 1.29 is 13.9 Å². The lowest BCUT2D eigenvalue weighted by Gasteiger charge is -2.35. The monoisotopic (exact) mass is 434 g/mol. The Balaban J connectivity index is 1.82. The lowest BCUT2D eigenvalue weighted by Crippen LogP contribution is -2.48. The topological polar surface area (TPSA) is 32.8 Å². The Morgan fingerprint density at radius 3 is 2.59 bits per heavy atom. The van der Waals surface area contributed by atoms with Gasteiger partial charge in [-0.05, 0) is 30.7 Å². The molecule has 1 unspecified atom stereocenters. The first kappa shape index (κ1) is 20.0. The number of carbonyl (C=O) groups is 1. The number of hydrogen-bond donors (Lipinski definition) is 0. The van der Waals surface area contributed by atoms with Crippen molar-refractivity contribution in [3.8, 4) is 0 Å². The zero-order valence-corrected chi connectivity index (χ0v) is 17.0. The maximum absolute atomic E-state index is 13.8. The minimum Gasteiger partial charge on any atom is -0.379 e. The molecule has 1 atom stereocenters. The summed E-state index contributed by atoms with van der Waals surface area (Å²) in [5.74, 6) is -0.590. The number of amides is 1. The number of ether oxygens (including phenoxy) is 1. The number of carbonyl (C=O) groups excluding carboxylic acids is 1. The second kappa shape index (κ2) is 9.44. The van der Waals surface area contributed by atoms with Gasteiger partial charge in [0.25, 0.3) is 5.91 Å². The number of hydrogen-bond acceptors (Lipinski definition) is 3. The minimum atomic E-state index is -0.423. The Morgan fingerprint density at radius 1 is 1.22 bits per heavy atom. The van der Waals surface area contributed by atoms with Gasteiger partial charge in [-0.3, -0.25) is 9.69 Å². The lowest BCUT2D eigenvalue weighted by molar-refractivity contribution is 0.0228. The molecule has 1 aliphatic rings. The third-order valence-electron chi connectivity index (χ3n) is 4.72. The first-order valence-corrected chi connectivity index (χ1v) is 9.93. The third kappa shape index (κ3) is 5.61. The van der Waals surface area contributed by atoms with E-state index in [1.54, 1.807) is 6.07 Å². The number of benzene rings is 2. The van der Waals surface area contributed by atoms with Crippen LogP contribution >= 0.6 is 15.9 Å². The highest BCUT2D eigenvalue weighted by Crippen LogP contribution is 2.19. The lowest BCUT2D eigenvalue weighted by atomic mass is 10.1. The maximum atomic E-state index is 13.8. The van der Waals surface area contributed by atoms with E-state index in [4.69, 9.17) is 4.74 Å². The fourth-order valence-electron chi connectivity index (χ4n) is 3.31. The first-order chi connectivity index (χ1) is 13.0. The quantitative estimate of drug-likeness (QED) is 0.689. The Hall–Kier alpha value is -1.76. The number of rotatable bonds is 6. The van der Waals surface area contributed by atoms with Crippen LogP contribution in [0.1, 0.15) is 22.8 Å². The first-order valence-electron chi connectivity index (χ1n) is 9.14. The fraction of sp³-hybridized carbons (Fsp3) is 0.381. The zero-order valence-electron chi connectivity index (χ0n) is 15.4. The van der Waals surface area contributed by atoms with Crippen molar-refractivity contribution in [2.24, 2.45) is 0 Å². The standard InChI is InChI=1S/C21H24BrFN2O2/c1-16(14-24-7-9-27-10-8-24)25(15-17-5-3-2-4-6-17)21(26)18-11-19(22)13-20(23)12-18/h2-6,11-13,16H,7-10,14-15H2,1H3. The van der Waals surface area contributed by atoms with Crippen molar-refractivity contribution in [3.63, 3.8) is 0 Å². The maximum Gasteiger partial charge on any atom is 0.254 e. The molecule has 6 heteroatoms. The van der Waals surface area contributed by atoms with Crippen LogP contribution in [-0.2, 0) is 11.3 Å². The van der Waals surface area contributed by atoms with E-state index in [0.29, 0.717) is 16.6 Å². The van der Waals surface area contributed by atoms with Crippen molar-refractivity contribution in [3.05, 3.63) is 69.9 Å². The van der Waals surface area contributed by atoms with Crippen LogP contribution in [0, 0.1) is 5.82 Å². The molecule has 1 saturated heterocycles. The van der Waals surface area contributed by atoms with E-state index < -0.39 is 5.82 Å². The van der Waals surface area contributed by atoms with Crippen LogP contribution in [0.15, 0.2) is 53.0 Å². The molecule has 0 aromatic heterocycles. The molecular formula is C21H24BrFN2O2. The average Bonchev–Trinajstić information content (AvgIpc) is 2.66. The van der Waals surface area contributed by atoms with Crippen LogP contribution < -0.4 is 0 Å². The van der Waals surface area contributed by atoms with Gasteiger partial charge in [0.2, 0.25) is 0 Å². The second-order valence-electron chi connectivity index (χ2n) is 6.84. The van der Waals surface area contributed by atoms with Gasteiger partial charge in [0.1, 0.15) is 5.82 Å². The molecular weight excluding hydrogens is 411 g/mol. The Labute approximate surface area is 168 Å². The second-order valence-corrected chi connectivity index (χ2v) is 7.75. The molecule has 2 aromatic carbocycles. The summed E-state index contributed by atoms with van der Waals surface area (Å²) in [6.07, 6.45) is 0. The van der Waals surface area contributed by atoms with Gasteiger partial charge in [0, 0.05) is 42.3 Å². The third-order valence-corrected chi connectivity index (χ3v) is 5.18. The van der Waals surface area contributed by atoms with E-state index in [1.807, 2.05) is 42.2 Å². The SMILES string of the molecule is CC(CN1CCOCC1)N(Cc1ccccc1)C(=O)c1cc(F)cc(Br)c1. The molecule has 0 spiro atoms. The van der Waals surface area contributed by atoms with Gasteiger partial charge in [-0.1, -0.05) is 46.3 Å². The highest BCUT2D eigenvalue weighted by molar-refractivity contribution is 9.10. The van der Waals surface area contributed by atoms with Crippen LogP contribution in [0.5, 0.6) is 0 Å². The Kier molecular flexibility index (Phi) is 6.99. The molecule has 2 aromatic rings. The largest absolute Gasteiger partial charge is 0.379 e. The van der Waals surface area contributed by atoms with Gasteiger partial charge in [0.05, 0.1) is 13.2 Å². The molecule has 1 heterocycles. The molecule has 0 radical (unpaired) electrons. The summed E-state index contributed by atoms with van der Waals surface area (Å²) >= 11 is 3.28. The van der Waals surface area contributed by atoms with E-state index >= 15 is 0 Å².